The van der Waals surface area contributed by atoms with E-state index in [0.717, 1.165) is 39.1 Å². The molecule has 37 heavy (non-hydrogen) atoms. The lowest BCUT2D eigenvalue weighted by Gasteiger charge is -2.11. The number of anilines is 4. The van der Waals surface area contributed by atoms with Crippen LogP contribution in [0, 0.1) is 20.8 Å². The zero-order valence-electron chi connectivity index (χ0n) is 20.5. The lowest BCUT2D eigenvalue weighted by molar-refractivity contribution is 0.482. The third kappa shape index (κ3) is 5.65. The molecule has 0 saturated heterocycles. The Bertz CT molecular complexity index is 1620. The Morgan fingerprint density at radius 2 is 1.30 bits per heavy atom. The van der Waals surface area contributed by atoms with E-state index in [9.17, 15) is 5.11 Å². The van der Waals surface area contributed by atoms with Crippen molar-refractivity contribution in [3.8, 4) is 5.75 Å². The number of benzene rings is 4. The molecule has 184 valence electrons. The molecule has 5 rings (SSSR count). The first kappa shape index (κ1) is 24.1. The second kappa shape index (κ2) is 10.2. The summed E-state index contributed by atoms with van der Waals surface area (Å²) in [5.74, 6) is 0.688. The molecule has 0 aliphatic rings. The van der Waals surface area contributed by atoms with Gasteiger partial charge in [0.05, 0.1) is 5.69 Å². The van der Waals surface area contributed by atoms with E-state index in [4.69, 9.17) is 11.6 Å². The predicted molar refractivity (Wildman–Crippen MR) is 148 cm³/mol. The number of halogens is 1. The third-order valence-corrected chi connectivity index (χ3v) is 5.92. The molecule has 8 nitrogen and oxygen atoms in total. The monoisotopic (exact) mass is 509 g/mol. The summed E-state index contributed by atoms with van der Waals surface area (Å²) in [5.41, 5.74) is 5.81. The van der Waals surface area contributed by atoms with Crippen molar-refractivity contribution >= 4 is 57.0 Å². The minimum absolute atomic E-state index is 0.0602. The van der Waals surface area contributed by atoms with Crippen LogP contribution in [0.25, 0.3) is 10.8 Å². The lowest BCUT2D eigenvalue weighted by atomic mass is 10.0. The molecule has 0 spiro atoms. The van der Waals surface area contributed by atoms with Crippen LogP contribution in [0.3, 0.4) is 0 Å². The number of nitrogens with one attached hydrogen (secondary N) is 2. The number of phenols is 1. The Balaban J connectivity index is 1.40. The molecule has 0 amide bonds. The second-order valence-electron chi connectivity index (χ2n) is 8.73. The third-order valence-electron chi connectivity index (χ3n) is 5.75. The first-order chi connectivity index (χ1) is 17.8. The fourth-order valence-electron chi connectivity index (χ4n) is 3.79. The van der Waals surface area contributed by atoms with E-state index in [2.05, 4.69) is 35.8 Å². The summed E-state index contributed by atoms with van der Waals surface area (Å²) in [7, 11) is 0. The van der Waals surface area contributed by atoms with Gasteiger partial charge in [0, 0.05) is 16.8 Å². The van der Waals surface area contributed by atoms with Crippen molar-refractivity contribution < 1.29 is 5.11 Å². The topological polar surface area (TPSA) is 108 Å². The first-order valence-electron chi connectivity index (χ1n) is 11.6. The summed E-state index contributed by atoms with van der Waals surface area (Å²) in [6.07, 6.45) is 0. The number of fused-ring (bicyclic) bond motifs is 1. The van der Waals surface area contributed by atoms with E-state index in [1.165, 1.54) is 0 Å². The summed E-state index contributed by atoms with van der Waals surface area (Å²) >= 11 is 6.15. The highest BCUT2D eigenvalue weighted by Crippen LogP contribution is 2.39. The maximum atomic E-state index is 10.9. The van der Waals surface area contributed by atoms with Crippen LogP contribution in [0.2, 0.25) is 5.28 Å². The molecule has 0 aliphatic heterocycles. The van der Waals surface area contributed by atoms with E-state index in [1.54, 1.807) is 0 Å². The van der Waals surface area contributed by atoms with Crippen LogP contribution in [0.5, 0.6) is 5.75 Å². The van der Waals surface area contributed by atoms with E-state index in [1.807, 2.05) is 93.6 Å². The molecule has 0 unspecified atom stereocenters. The molecule has 0 fully saturated rings. The average molecular weight is 510 g/mol. The second-order valence-corrected chi connectivity index (χ2v) is 9.07. The lowest BCUT2D eigenvalue weighted by Crippen LogP contribution is -2.04. The van der Waals surface area contributed by atoms with Gasteiger partial charge < -0.3 is 15.7 Å². The van der Waals surface area contributed by atoms with Crippen LogP contribution >= 0.6 is 11.6 Å². The maximum absolute atomic E-state index is 10.9. The smallest absolute Gasteiger partial charge is 0.233 e. The van der Waals surface area contributed by atoms with Crippen molar-refractivity contribution in [3.05, 3.63) is 94.8 Å². The van der Waals surface area contributed by atoms with Crippen molar-refractivity contribution in [2.24, 2.45) is 10.2 Å². The van der Waals surface area contributed by atoms with Gasteiger partial charge in [0.15, 0.2) is 5.75 Å². The van der Waals surface area contributed by atoms with Crippen LogP contribution in [0.15, 0.2) is 83.0 Å². The molecule has 1 aromatic heterocycles. The first-order valence-corrected chi connectivity index (χ1v) is 12.0. The van der Waals surface area contributed by atoms with Gasteiger partial charge in [0.2, 0.25) is 17.2 Å². The molecular formula is C28H24ClN7O. The number of aromatic hydroxyl groups is 1. The van der Waals surface area contributed by atoms with Crippen LogP contribution < -0.4 is 10.6 Å². The predicted octanol–water partition coefficient (Wildman–Crippen LogP) is 8.21. The van der Waals surface area contributed by atoms with Crippen molar-refractivity contribution in [2.45, 2.75) is 20.8 Å². The normalized spacial score (nSPS) is 11.2. The van der Waals surface area contributed by atoms with Gasteiger partial charge in [-0.15, -0.1) is 5.11 Å². The quantitative estimate of drug-likeness (QED) is 0.199. The van der Waals surface area contributed by atoms with Gasteiger partial charge >= 0.3 is 0 Å². The Kier molecular flexibility index (Phi) is 6.66. The minimum Gasteiger partial charge on any atom is -0.505 e. The molecular weight excluding hydrogens is 486 g/mol. The van der Waals surface area contributed by atoms with Gasteiger partial charge in [0.1, 0.15) is 5.69 Å². The number of hydrogen-bond donors (Lipinski definition) is 3. The number of nitrogens with zero attached hydrogens (tertiary/aromatic N) is 5. The molecule has 0 radical (unpaired) electrons. The molecule has 0 aliphatic carbocycles. The molecule has 0 atom stereocenters. The standard InChI is InChI=1S/C28H24ClN7O/c1-16-4-8-20(9-5-16)30-27-32-26(29)33-28(34-27)31-22-12-13-23-19(15-22)14-18(3)24(25(23)37)36-35-21-10-6-17(2)7-11-21/h4-15,37H,1-3H3,(H2,30,31,32,33,34). The summed E-state index contributed by atoms with van der Waals surface area (Å²) in [6.45, 7) is 5.92. The van der Waals surface area contributed by atoms with Crippen LogP contribution in [-0.4, -0.2) is 20.1 Å². The SMILES string of the molecule is Cc1ccc(N=Nc2c(C)cc3cc(Nc4nc(Cl)nc(Nc5ccc(C)cc5)n4)ccc3c2O)cc1. The Labute approximate surface area is 219 Å². The van der Waals surface area contributed by atoms with Gasteiger partial charge in [-0.1, -0.05) is 35.4 Å². The highest BCUT2D eigenvalue weighted by atomic mass is 35.5. The van der Waals surface area contributed by atoms with E-state index in [-0.39, 0.29) is 11.0 Å². The Morgan fingerprint density at radius 1 is 0.703 bits per heavy atom. The van der Waals surface area contributed by atoms with E-state index >= 15 is 0 Å². The fourth-order valence-corrected chi connectivity index (χ4v) is 3.95. The fraction of sp³-hybridized carbons (Fsp3) is 0.107. The van der Waals surface area contributed by atoms with Crippen molar-refractivity contribution in [3.63, 3.8) is 0 Å². The average Bonchev–Trinajstić information content (AvgIpc) is 2.86. The molecule has 0 saturated carbocycles. The summed E-state index contributed by atoms with van der Waals surface area (Å²) in [6, 6.07) is 23.1. The van der Waals surface area contributed by atoms with Crippen LogP contribution in [-0.2, 0) is 0 Å². The number of hydrogen-bond acceptors (Lipinski definition) is 8. The minimum atomic E-state index is 0.0602. The molecule has 3 N–H and O–H groups in total. The summed E-state index contributed by atoms with van der Waals surface area (Å²) in [4.78, 5) is 12.8. The number of azo groups is 1. The summed E-state index contributed by atoms with van der Waals surface area (Å²) < 4.78 is 0. The highest BCUT2D eigenvalue weighted by molar-refractivity contribution is 6.28. The molecule has 5 aromatic rings. The number of phenolic OH excluding ortho intramolecular Hbond substituents is 1. The highest BCUT2D eigenvalue weighted by Gasteiger charge is 2.12. The van der Waals surface area contributed by atoms with E-state index < -0.39 is 0 Å². The zero-order valence-corrected chi connectivity index (χ0v) is 21.2. The van der Waals surface area contributed by atoms with Gasteiger partial charge in [-0.25, -0.2) is 0 Å². The maximum Gasteiger partial charge on any atom is 0.233 e. The van der Waals surface area contributed by atoms with Crippen LogP contribution in [0.4, 0.5) is 34.6 Å². The Hall–Kier alpha value is -4.56. The molecule has 4 aromatic carbocycles. The number of aryl methyl sites for hydroxylation is 3. The largest absolute Gasteiger partial charge is 0.505 e. The molecule has 1 heterocycles. The van der Waals surface area contributed by atoms with Gasteiger partial charge in [-0.3, -0.25) is 0 Å². The van der Waals surface area contributed by atoms with Crippen LogP contribution in [0.1, 0.15) is 16.7 Å². The van der Waals surface area contributed by atoms with Gasteiger partial charge in [-0.2, -0.15) is 20.1 Å². The number of aromatic nitrogens is 3. The van der Waals surface area contributed by atoms with E-state index in [0.29, 0.717) is 23.0 Å². The van der Waals surface area contributed by atoms with Crippen molar-refractivity contribution in [2.75, 3.05) is 10.6 Å². The van der Waals surface area contributed by atoms with Crippen molar-refractivity contribution in [1.29, 1.82) is 0 Å². The Morgan fingerprint density at radius 3 is 1.97 bits per heavy atom. The van der Waals surface area contributed by atoms with Gasteiger partial charge in [-0.05, 0) is 91.9 Å². The zero-order chi connectivity index (χ0) is 25.9. The molecule has 9 heteroatoms. The summed E-state index contributed by atoms with van der Waals surface area (Å²) in [5, 5.41) is 27.4. The van der Waals surface area contributed by atoms with Crippen molar-refractivity contribution in [1.82, 2.24) is 15.0 Å². The molecule has 0 bridgehead atoms. The number of rotatable bonds is 6. The van der Waals surface area contributed by atoms with Gasteiger partial charge in [0.25, 0.3) is 0 Å².